The Labute approximate surface area is 221 Å². The SMILES string of the molecule is C=C(C)C(=O)OCC1O[C@@H](O[C@]2(CO[C@]3(CO)O[C@H](CO)C(O)[C@@H]3O)O[C@H](CO)C(O)[C@@H]2O)C(O)[C@@H](O)[C@H]1O. The van der Waals surface area contributed by atoms with Crippen LogP contribution in [0.4, 0.5) is 0 Å². The van der Waals surface area contributed by atoms with Crippen LogP contribution >= 0.6 is 0 Å². The van der Waals surface area contributed by atoms with Crippen molar-refractivity contribution in [2.75, 3.05) is 33.0 Å². The lowest BCUT2D eigenvalue weighted by molar-refractivity contribution is -0.399. The molecule has 3 saturated heterocycles. The van der Waals surface area contributed by atoms with Crippen molar-refractivity contribution in [3.8, 4) is 0 Å². The molecule has 39 heavy (non-hydrogen) atoms. The molecule has 0 saturated carbocycles. The predicted octanol–water partition coefficient (Wildman–Crippen LogP) is -6.44. The minimum atomic E-state index is -2.55. The molecule has 0 aromatic rings. The first-order valence-corrected chi connectivity index (χ1v) is 12.0. The number of aliphatic hydroxyl groups is 10. The van der Waals surface area contributed by atoms with Crippen molar-refractivity contribution in [3.63, 3.8) is 0 Å². The fourth-order valence-corrected chi connectivity index (χ4v) is 4.41. The van der Waals surface area contributed by atoms with Crippen LogP contribution in [0.5, 0.6) is 0 Å². The Bertz CT molecular complexity index is 858. The molecule has 0 aromatic heterocycles. The molecule has 3 rings (SSSR count). The van der Waals surface area contributed by atoms with Crippen LogP contribution in [0.25, 0.3) is 0 Å². The molecule has 3 fully saturated rings. The van der Waals surface area contributed by atoms with E-state index >= 15 is 0 Å². The summed E-state index contributed by atoms with van der Waals surface area (Å²) in [5.74, 6) is -5.77. The van der Waals surface area contributed by atoms with E-state index in [1.165, 1.54) is 6.92 Å². The molecule has 4 unspecified atom stereocenters. The van der Waals surface area contributed by atoms with Crippen molar-refractivity contribution >= 4 is 5.97 Å². The van der Waals surface area contributed by atoms with E-state index in [1.807, 2.05) is 0 Å². The summed E-state index contributed by atoms with van der Waals surface area (Å²) in [6, 6.07) is 0. The second kappa shape index (κ2) is 12.6. The van der Waals surface area contributed by atoms with Gasteiger partial charge in [0.25, 0.3) is 0 Å². The first-order chi connectivity index (χ1) is 18.3. The number of hydrogen-bond donors (Lipinski definition) is 10. The zero-order valence-electron chi connectivity index (χ0n) is 20.9. The van der Waals surface area contributed by atoms with Gasteiger partial charge in [-0.05, 0) is 6.92 Å². The van der Waals surface area contributed by atoms with Gasteiger partial charge in [0.05, 0.1) is 13.2 Å². The molecule has 3 heterocycles. The van der Waals surface area contributed by atoms with Crippen LogP contribution in [0.2, 0.25) is 0 Å². The number of hydrogen-bond acceptors (Lipinski definition) is 17. The van der Waals surface area contributed by atoms with Gasteiger partial charge in [0.2, 0.25) is 11.6 Å². The van der Waals surface area contributed by atoms with Crippen LogP contribution < -0.4 is 0 Å². The number of rotatable bonds is 11. The molecular weight excluding hydrogens is 536 g/mol. The zero-order valence-corrected chi connectivity index (χ0v) is 20.9. The van der Waals surface area contributed by atoms with E-state index in [0.717, 1.165) is 0 Å². The van der Waals surface area contributed by atoms with Gasteiger partial charge in [-0.1, -0.05) is 6.58 Å². The van der Waals surface area contributed by atoms with Gasteiger partial charge in [-0.2, -0.15) is 0 Å². The molecule has 0 bridgehead atoms. The van der Waals surface area contributed by atoms with Crippen molar-refractivity contribution in [3.05, 3.63) is 12.2 Å². The quantitative estimate of drug-likeness (QED) is 0.0814. The van der Waals surface area contributed by atoms with Gasteiger partial charge in [-0.15, -0.1) is 0 Å². The Morgan fingerprint density at radius 2 is 1.33 bits per heavy atom. The summed E-state index contributed by atoms with van der Waals surface area (Å²) >= 11 is 0. The average Bonchev–Trinajstić information content (AvgIpc) is 3.31. The lowest BCUT2D eigenvalue weighted by Crippen LogP contribution is -2.63. The maximum absolute atomic E-state index is 11.8. The molecule has 13 atom stereocenters. The largest absolute Gasteiger partial charge is 0.459 e. The van der Waals surface area contributed by atoms with Gasteiger partial charge in [0.1, 0.15) is 80.9 Å². The molecule has 10 N–H and O–H groups in total. The third kappa shape index (κ3) is 6.13. The lowest BCUT2D eigenvalue weighted by Gasteiger charge is -2.44. The highest BCUT2D eigenvalue weighted by atomic mass is 16.8. The first kappa shape index (κ1) is 32.1. The lowest BCUT2D eigenvalue weighted by atomic mass is 9.98. The Morgan fingerprint density at radius 3 is 1.82 bits per heavy atom. The summed E-state index contributed by atoms with van der Waals surface area (Å²) in [5, 5.41) is 102. The number of carbonyl (C=O) groups excluding carboxylic acids is 1. The summed E-state index contributed by atoms with van der Waals surface area (Å²) in [4.78, 5) is 11.8. The van der Waals surface area contributed by atoms with Crippen LogP contribution in [0, 0.1) is 0 Å². The smallest absolute Gasteiger partial charge is 0.333 e. The number of aliphatic hydroxyl groups excluding tert-OH is 10. The monoisotopic (exact) mass is 572 g/mol. The van der Waals surface area contributed by atoms with Crippen LogP contribution in [0.3, 0.4) is 0 Å². The van der Waals surface area contributed by atoms with Crippen molar-refractivity contribution in [2.24, 2.45) is 0 Å². The van der Waals surface area contributed by atoms with Crippen molar-refractivity contribution in [2.45, 2.75) is 85.8 Å². The summed E-state index contributed by atoms with van der Waals surface area (Å²) in [7, 11) is 0. The number of esters is 1. The molecule has 0 radical (unpaired) electrons. The Balaban J connectivity index is 1.86. The first-order valence-electron chi connectivity index (χ1n) is 12.0. The zero-order chi connectivity index (χ0) is 29.3. The van der Waals surface area contributed by atoms with Crippen LogP contribution in [0.1, 0.15) is 6.92 Å². The van der Waals surface area contributed by atoms with E-state index in [1.54, 1.807) is 0 Å². The van der Waals surface area contributed by atoms with Crippen molar-refractivity contribution in [1.82, 2.24) is 0 Å². The molecule has 226 valence electrons. The van der Waals surface area contributed by atoms with Gasteiger partial charge in [-0.3, -0.25) is 0 Å². The summed E-state index contributed by atoms with van der Waals surface area (Å²) in [5.41, 5.74) is 0.0268. The van der Waals surface area contributed by atoms with Crippen LogP contribution in [0.15, 0.2) is 12.2 Å². The fraction of sp³-hybridized carbons (Fsp3) is 0.864. The molecule has 0 amide bonds. The normalized spacial score (nSPS) is 46.4. The van der Waals surface area contributed by atoms with E-state index in [9.17, 15) is 55.9 Å². The van der Waals surface area contributed by atoms with Gasteiger partial charge < -0.3 is 79.5 Å². The minimum Gasteiger partial charge on any atom is -0.459 e. The molecule has 3 aliphatic heterocycles. The van der Waals surface area contributed by atoms with Crippen molar-refractivity contribution in [1.29, 1.82) is 0 Å². The molecule has 17 heteroatoms. The summed E-state index contributed by atoms with van der Waals surface area (Å²) in [6.07, 6.45) is -19.5. The maximum Gasteiger partial charge on any atom is 0.333 e. The van der Waals surface area contributed by atoms with Gasteiger partial charge in [-0.25, -0.2) is 4.79 Å². The molecule has 17 nitrogen and oxygen atoms in total. The number of carbonyl (C=O) groups is 1. The molecule has 0 spiro atoms. The van der Waals surface area contributed by atoms with E-state index in [4.69, 9.17) is 28.4 Å². The van der Waals surface area contributed by atoms with Gasteiger partial charge in [0.15, 0.2) is 6.29 Å². The van der Waals surface area contributed by atoms with E-state index in [-0.39, 0.29) is 5.57 Å². The number of ether oxygens (including phenoxy) is 6. The van der Waals surface area contributed by atoms with Crippen molar-refractivity contribution < 1.29 is 84.3 Å². The highest BCUT2D eigenvalue weighted by Crippen LogP contribution is 2.39. The third-order valence-corrected chi connectivity index (χ3v) is 6.82. The summed E-state index contributed by atoms with van der Waals surface area (Å²) < 4.78 is 32.3. The Kier molecular flexibility index (Phi) is 10.4. The highest BCUT2D eigenvalue weighted by molar-refractivity contribution is 5.86. The van der Waals surface area contributed by atoms with Crippen LogP contribution in [-0.4, -0.2) is 169 Å². The summed E-state index contributed by atoms with van der Waals surface area (Å²) in [6.45, 7) is 0.431. The second-order valence-electron chi connectivity index (χ2n) is 9.63. The van der Waals surface area contributed by atoms with Crippen LogP contribution in [-0.2, 0) is 33.2 Å². The Morgan fingerprint density at radius 1 is 0.795 bits per heavy atom. The highest BCUT2D eigenvalue weighted by Gasteiger charge is 2.62. The van der Waals surface area contributed by atoms with Gasteiger partial charge in [0, 0.05) is 5.57 Å². The maximum atomic E-state index is 11.8. The van der Waals surface area contributed by atoms with E-state index in [2.05, 4.69) is 6.58 Å². The topological polar surface area (TPSA) is 275 Å². The molecular formula is C22H36O17. The molecule has 3 aliphatic rings. The fourth-order valence-electron chi connectivity index (χ4n) is 4.41. The van der Waals surface area contributed by atoms with E-state index < -0.39 is 118 Å². The third-order valence-electron chi connectivity index (χ3n) is 6.82. The molecule has 0 aromatic carbocycles. The average molecular weight is 573 g/mol. The minimum absolute atomic E-state index is 0.0268. The van der Waals surface area contributed by atoms with E-state index in [0.29, 0.717) is 0 Å². The predicted molar refractivity (Wildman–Crippen MR) is 120 cm³/mol. The molecule has 0 aliphatic carbocycles. The van der Waals surface area contributed by atoms with Gasteiger partial charge >= 0.3 is 5.97 Å². The standard InChI is InChI=1S/C22H36O17/c1-8(2)19(33)34-5-11-12(26)15(29)16(30)20(36-11)39-22(18(32)14(28)10(4-24)38-22)7-35-21(6-25)17(31)13(27)9(3-23)37-21/h9-18,20,23-32H,1,3-7H2,2H3/t9-,10-,11?,12+,13?,14?,15+,16?,17+,18+,20+,21-,22+/m1/s1. The second-order valence-corrected chi connectivity index (χ2v) is 9.63. The Hall–Kier alpha value is -1.39.